The van der Waals surface area contributed by atoms with Gasteiger partial charge in [-0.15, -0.1) is 0 Å². The zero-order valence-electron chi connectivity index (χ0n) is 8.61. The largest absolute Gasteiger partial charge is 0.385 e. The van der Waals surface area contributed by atoms with Crippen molar-refractivity contribution in [1.29, 1.82) is 0 Å². The van der Waals surface area contributed by atoms with Crippen LogP contribution in [0.15, 0.2) is 18.5 Å². The van der Waals surface area contributed by atoms with Crippen molar-refractivity contribution in [3.63, 3.8) is 0 Å². The van der Waals surface area contributed by atoms with Crippen LogP contribution in [0, 0.1) is 5.82 Å². The Morgan fingerprint density at radius 3 is 3.13 bits per heavy atom. The number of nitrogens with zero attached hydrogens (tertiary/aromatic N) is 1. The lowest BCUT2D eigenvalue weighted by Gasteiger charge is -2.35. The van der Waals surface area contributed by atoms with Crippen LogP contribution in [-0.2, 0) is 10.3 Å². The lowest BCUT2D eigenvalue weighted by molar-refractivity contribution is -0.103. The van der Waals surface area contributed by atoms with E-state index < -0.39 is 11.4 Å². The number of ether oxygens (including phenoxy) is 1. The van der Waals surface area contributed by atoms with E-state index >= 15 is 0 Å². The third-order valence-electron chi connectivity index (χ3n) is 2.82. The second-order valence-electron chi connectivity index (χ2n) is 4.02. The van der Waals surface area contributed by atoms with Crippen LogP contribution in [0.25, 0.3) is 0 Å². The molecule has 2 unspecified atom stereocenters. The average Bonchev–Trinajstić information content (AvgIpc) is 2.17. The quantitative estimate of drug-likeness (QED) is 0.767. The molecule has 4 heteroatoms. The molecule has 1 fully saturated rings. The van der Waals surface area contributed by atoms with Crippen LogP contribution >= 0.6 is 0 Å². The van der Waals surface area contributed by atoms with E-state index in [4.69, 9.17) is 4.74 Å². The van der Waals surface area contributed by atoms with E-state index in [1.54, 1.807) is 0 Å². The molecular weight excluding hydrogens is 197 g/mol. The molecular formula is C11H14FNO2. The molecule has 0 bridgehead atoms. The van der Waals surface area contributed by atoms with Crippen molar-refractivity contribution in [2.24, 2.45) is 0 Å². The van der Waals surface area contributed by atoms with Gasteiger partial charge in [-0.25, -0.2) is 4.39 Å². The molecule has 1 aromatic heterocycles. The van der Waals surface area contributed by atoms with Crippen molar-refractivity contribution < 1.29 is 14.2 Å². The summed E-state index contributed by atoms with van der Waals surface area (Å²) >= 11 is 0. The number of hydrogen-bond acceptors (Lipinski definition) is 3. The van der Waals surface area contributed by atoms with Crippen molar-refractivity contribution in [3.8, 4) is 0 Å². The van der Waals surface area contributed by atoms with Crippen molar-refractivity contribution in [1.82, 2.24) is 4.98 Å². The monoisotopic (exact) mass is 211 g/mol. The molecule has 2 rings (SSSR count). The van der Waals surface area contributed by atoms with E-state index in [1.807, 2.05) is 6.92 Å². The fraction of sp³-hybridized carbons (Fsp3) is 0.545. The van der Waals surface area contributed by atoms with Crippen LogP contribution < -0.4 is 0 Å². The second-order valence-corrected chi connectivity index (χ2v) is 4.02. The maximum absolute atomic E-state index is 13.5. The maximum atomic E-state index is 13.5. The van der Waals surface area contributed by atoms with E-state index in [9.17, 15) is 9.50 Å². The molecule has 0 saturated carbocycles. The molecule has 0 spiro atoms. The summed E-state index contributed by atoms with van der Waals surface area (Å²) < 4.78 is 18.8. The highest BCUT2D eigenvalue weighted by Crippen LogP contribution is 2.35. The minimum Gasteiger partial charge on any atom is -0.385 e. The number of pyridine rings is 1. The lowest BCUT2D eigenvalue weighted by Crippen LogP contribution is -2.38. The SMILES string of the molecule is CC1CC(O)(c2ccncc2F)CCO1. The van der Waals surface area contributed by atoms with Gasteiger partial charge in [-0.2, -0.15) is 0 Å². The average molecular weight is 211 g/mol. The van der Waals surface area contributed by atoms with Crippen molar-refractivity contribution >= 4 is 0 Å². The molecule has 15 heavy (non-hydrogen) atoms. The summed E-state index contributed by atoms with van der Waals surface area (Å²) in [4.78, 5) is 3.67. The lowest BCUT2D eigenvalue weighted by atomic mass is 9.84. The van der Waals surface area contributed by atoms with Crippen LogP contribution in [0.5, 0.6) is 0 Å². The van der Waals surface area contributed by atoms with E-state index in [0.29, 0.717) is 25.0 Å². The van der Waals surface area contributed by atoms with Gasteiger partial charge in [0.2, 0.25) is 0 Å². The minimum atomic E-state index is -1.11. The smallest absolute Gasteiger partial charge is 0.147 e. The Balaban J connectivity index is 2.32. The molecule has 1 aliphatic heterocycles. The fourth-order valence-electron chi connectivity index (χ4n) is 2.06. The number of rotatable bonds is 1. The molecule has 82 valence electrons. The Labute approximate surface area is 87.9 Å². The minimum absolute atomic E-state index is 0.0451. The van der Waals surface area contributed by atoms with Crippen molar-refractivity contribution in [2.75, 3.05) is 6.61 Å². The molecule has 0 aliphatic carbocycles. The zero-order valence-corrected chi connectivity index (χ0v) is 8.61. The zero-order chi connectivity index (χ0) is 10.9. The molecule has 1 aliphatic rings. The van der Waals surface area contributed by atoms with Gasteiger partial charge in [-0.05, 0) is 13.0 Å². The number of aromatic nitrogens is 1. The molecule has 0 radical (unpaired) electrons. The molecule has 3 nitrogen and oxygen atoms in total. The van der Waals surface area contributed by atoms with Gasteiger partial charge in [-0.3, -0.25) is 4.98 Å². The molecule has 1 saturated heterocycles. The Morgan fingerprint density at radius 1 is 1.67 bits per heavy atom. The maximum Gasteiger partial charge on any atom is 0.147 e. The third-order valence-corrected chi connectivity index (χ3v) is 2.82. The Hall–Kier alpha value is -1.00. The first-order valence-electron chi connectivity index (χ1n) is 5.06. The summed E-state index contributed by atoms with van der Waals surface area (Å²) in [6.07, 6.45) is 3.44. The topological polar surface area (TPSA) is 42.4 Å². The van der Waals surface area contributed by atoms with Gasteiger partial charge in [-0.1, -0.05) is 0 Å². The fourth-order valence-corrected chi connectivity index (χ4v) is 2.06. The molecule has 1 N–H and O–H groups in total. The normalized spacial score (nSPS) is 31.5. The summed E-state index contributed by atoms with van der Waals surface area (Å²) in [7, 11) is 0. The third kappa shape index (κ3) is 2.01. The highest BCUT2D eigenvalue weighted by Gasteiger charge is 2.36. The molecule has 0 aromatic carbocycles. The molecule has 2 atom stereocenters. The second kappa shape index (κ2) is 3.87. The van der Waals surface area contributed by atoms with Gasteiger partial charge < -0.3 is 9.84 Å². The van der Waals surface area contributed by atoms with Gasteiger partial charge >= 0.3 is 0 Å². The first kappa shape index (κ1) is 10.5. The van der Waals surface area contributed by atoms with Gasteiger partial charge in [0.25, 0.3) is 0 Å². The first-order valence-corrected chi connectivity index (χ1v) is 5.06. The molecule has 2 heterocycles. The molecule has 0 amide bonds. The van der Waals surface area contributed by atoms with E-state index in [1.165, 1.54) is 12.3 Å². The predicted octanol–water partition coefficient (Wildman–Crippen LogP) is 1.61. The summed E-state index contributed by atoms with van der Waals surface area (Å²) in [6, 6.07) is 1.54. The van der Waals surface area contributed by atoms with Gasteiger partial charge in [0.15, 0.2) is 0 Å². The van der Waals surface area contributed by atoms with Gasteiger partial charge in [0, 0.05) is 24.6 Å². The number of hydrogen-bond donors (Lipinski definition) is 1. The van der Waals surface area contributed by atoms with E-state index in [0.717, 1.165) is 6.20 Å². The van der Waals surface area contributed by atoms with Crippen LogP contribution in [0.4, 0.5) is 4.39 Å². The highest BCUT2D eigenvalue weighted by atomic mass is 19.1. The van der Waals surface area contributed by atoms with Crippen LogP contribution in [0.2, 0.25) is 0 Å². The summed E-state index contributed by atoms with van der Waals surface area (Å²) in [6.45, 7) is 2.34. The number of halogens is 1. The Kier molecular flexibility index (Phi) is 2.71. The Bertz CT molecular complexity index is 358. The highest BCUT2D eigenvalue weighted by molar-refractivity contribution is 5.21. The standard InChI is InChI=1S/C11H14FNO2/c1-8-6-11(14,3-5-15-8)9-2-4-13-7-10(9)12/h2,4,7-8,14H,3,5-6H2,1H3. The predicted molar refractivity (Wildman–Crippen MR) is 52.7 cm³/mol. The van der Waals surface area contributed by atoms with E-state index in [-0.39, 0.29) is 6.10 Å². The van der Waals surface area contributed by atoms with Crippen LogP contribution in [-0.4, -0.2) is 22.8 Å². The number of aliphatic hydroxyl groups is 1. The summed E-state index contributed by atoms with van der Waals surface area (Å²) in [5.74, 6) is -0.450. The summed E-state index contributed by atoms with van der Waals surface area (Å²) in [5, 5.41) is 10.3. The van der Waals surface area contributed by atoms with Crippen LogP contribution in [0.3, 0.4) is 0 Å². The van der Waals surface area contributed by atoms with Crippen molar-refractivity contribution in [2.45, 2.75) is 31.5 Å². The molecule has 1 aromatic rings. The van der Waals surface area contributed by atoms with E-state index in [2.05, 4.69) is 4.98 Å². The van der Waals surface area contributed by atoms with Gasteiger partial charge in [0.1, 0.15) is 5.82 Å². The summed E-state index contributed by atoms with van der Waals surface area (Å²) in [5.41, 5.74) is -0.780. The van der Waals surface area contributed by atoms with Crippen molar-refractivity contribution in [3.05, 3.63) is 29.8 Å². The van der Waals surface area contributed by atoms with Gasteiger partial charge in [0.05, 0.1) is 24.5 Å². The first-order chi connectivity index (χ1) is 7.12. The Morgan fingerprint density at radius 2 is 2.47 bits per heavy atom. The van der Waals surface area contributed by atoms with Crippen LogP contribution in [0.1, 0.15) is 25.3 Å².